The molecular formula is C30H28N2O3. The Balaban J connectivity index is 1.56. The van der Waals surface area contributed by atoms with Crippen molar-refractivity contribution in [1.29, 1.82) is 0 Å². The second-order valence-corrected chi connectivity index (χ2v) is 9.06. The van der Waals surface area contributed by atoms with Crippen LogP contribution in [0.4, 0.5) is 0 Å². The minimum Gasteiger partial charge on any atom is -0.507 e. The van der Waals surface area contributed by atoms with E-state index in [0.717, 1.165) is 34.0 Å². The van der Waals surface area contributed by atoms with E-state index in [4.69, 9.17) is 0 Å². The monoisotopic (exact) mass is 464 g/mol. The van der Waals surface area contributed by atoms with E-state index in [1.54, 1.807) is 17.0 Å². The van der Waals surface area contributed by atoms with Crippen molar-refractivity contribution in [2.24, 2.45) is 0 Å². The number of aromatic nitrogens is 1. The predicted octanol–water partition coefficient (Wildman–Crippen LogP) is 5.70. The van der Waals surface area contributed by atoms with Crippen LogP contribution in [0, 0.1) is 6.92 Å². The number of Topliss-reactive ketones (excluding diaryl/α,β-unsaturated/α-hetero) is 1. The van der Waals surface area contributed by atoms with Gasteiger partial charge in [0.1, 0.15) is 5.76 Å². The van der Waals surface area contributed by atoms with E-state index < -0.39 is 17.7 Å². The molecule has 1 aliphatic rings. The van der Waals surface area contributed by atoms with Crippen LogP contribution in [0.1, 0.15) is 40.8 Å². The third kappa shape index (κ3) is 4.14. The fraction of sp³-hybridized carbons (Fsp3) is 0.200. The van der Waals surface area contributed by atoms with E-state index in [2.05, 4.69) is 11.9 Å². The van der Waals surface area contributed by atoms with Gasteiger partial charge in [-0.2, -0.15) is 0 Å². The van der Waals surface area contributed by atoms with Crippen molar-refractivity contribution in [3.05, 3.63) is 112 Å². The van der Waals surface area contributed by atoms with Crippen molar-refractivity contribution in [1.82, 2.24) is 9.88 Å². The first-order valence-corrected chi connectivity index (χ1v) is 12.0. The lowest BCUT2D eigenvalue weighted by Crippen LogP contribution is -2.31. The van der Waals surface area contributed by atoms with Crippen LogP contribution in [0.15, 0.2) is 84.6 Å². The highest BCUT2D eigenvalue weighted by Crippen LogP contribution is 2.39. The minimum absolute atomic E-state index is 0.137. The average molecular weight is 465 g/mol. The number of nitrogens with zero attached hydrogens (tertiary/aromatic N) is 1. The molecule has 35 heavy (non-hydrogen) atoms. The van der Waals surface area contributed by atoms with Crippen LogP contribution in [-0.2, 0) is 22.4 Å². The number of hydrogen-bond donors (Lipinski definition) is 2. The maximum Gasteiger partial charge on any atom is 0.295 e. The molecule has 5 rings (SSSR count). The van der Waals surface area contributed by atoms with Crippen LogP contribution in [0.5, 0.6) is 0 Å². The molecule has 0 bridgehead atoms. The molecule has 2 N–H and O–H groups in total. The quantitative estimate of drug-likeness (QED) is 0.218. The number of fused-ring (bicyclic) bond motifs is 1. The number of para-hydroxylation sites is 1. The van der Waals surface area contributed by atoms with Crippen LogP contribution in [0.25, 0.3) is 16.7 Å². The van der Waals surface area contributed by atoms with Gasteiger partial charge in [0.25, 0.3) is 11.7 Å². The first-order valence-electron chi connectivity index (χ1n) is 12.0. The summed E-state index contributed by atoms with van der Waals surface area (Å²) < 4.78 is 0. The lowest BCUT2D eigenvalue weighted by atomic mass is 9.94. The summed E-state index contributed by atoms with van der Waals surface area (Å²) in [6.45, 7) is 4.40. The summed E-state index contributed by atoms with van der Waals surface area (Å²) in [5.74, 6) is -1.36. The standard InChI is InChI=1S/C30H28N2O3/c1-3-20-10-14-21(15-11-20)27-26(28(33)22-12-8-19(2)9-13-22)29(34)30(35)32(27)17-16-23-18-31-25-7-5-4-6-24(23)25/h4-15,18,27,31,33H,3,16-17H2,1-2H3. The number of carbonyl (C=O) groups is 2. The lowest BCUT2D eigenvalue weighted by Gasteiger charge is -2.25. The van der Waals surface area contributed by atoms with Gasteiger partial charge < -0.3 is 15.0 Å². The lowest BCUT2D eigenvalue weighted by molar-refractivity contribution is -0.139. The number of nitrogens with one attached hydrogen (secondary N) is 1. The Bertz CT molecular complexity index is 1430. The van der Waals surface area contributed by atoms with Crippen molar-refractivity contribution in [3.63, 3.8) is 0 Å². The highest BCUT2D eigenvalue weighted by Gasteiger charge is 2.45. The topological polar surface area (TPSA) is 73.4 Å². The van der Waals surface area contributed by atoms with Gasteiger partial charge in [-0.1, -0.05) is 79.2 Å². The van der Waals surface area contributed by atoms with Crippen molar-refractivity contribution in [2.75, 3.05) is 6.54 Å². The molecule has 0 aliphatic carbocycles. The number of aliphatic hydroxyl groups excluding tert-OH is 1. The van der Waals surface area contributed by atoms with Gasteiger partial charge in [-0.15, -0.1) is 0 Å². The molecule has 5 nitrogen and oxygen atoms in total. The Morgan fingerprint density at radius 2 is 1.69 bits per heavy atom. The Kier molecular flexibility index (Phi) is 6.00. The van der Waals surface area contributed by atoms with Gasteiger partial charge >= 0.3 is 0 Å². The van der Waals surface area contributed by atoms with Gasteiger partial charge in [0.05, 0.1) is 11.6 Å². The van der Waals surface area contributed by atoms with E-state index in [9.17, 15) is 14.7 Å². The summed E-state index contributed by atoms with van der Waals surface area (Å²) in [6.07, 6.45) is 3.44. The second kappa shape index (κ2) is 9.26. The predicted molar refractivity (Wildman–Crippen MR) is 138 cm³/mol. The number of hydrogen-bond acceptors (Lipinski definition) is 3. The number of amides is 1. The second-order valence-electron chi connectivity index (χ2n) is 9.06. The van der Waals surface area contributed by atoms with E-state index >= 15 is 0 Å². The molecular weight excluding hydrogens is 436 g/mol. The Morgan fingerprint density at radius 1 is 0.971 bits per heavy atom. The summed E-state index contributed by atoms with van der Waals surface area (Å²) in [4.78, 5) is 31.4. The molecule has 2 heterocycles. The number of H-pyrrole nitrogens is 1. The van der Waals surface area contributed by atoms with E-state index in [0.29, 0.717) is 18.5 Å². The SMILES string of the molecule is CCc1ccc(C2C(=C(O)c3ccc(C)cc3)C(=O)C(=O)N2CCc2c[nH]c3ccccc23)cc1. The van der Waals surface area contributed by atoms with E-state index in [-0.39, 0.29) is 11.3 Å². The third-order valence-corrected chi connectivity index (χ3v) is 6.87. The number of carbonyl (C=O) groups excluding carboxylic acids is 2. The number of aryl methyl sites for hydroxylation is 2. The summed E-state index contributed by atoms with van der Waals surface area (Å²) in [6, 6.07) is 22.6. The van der Waals surface area contributed by atoms with Gasteiger partial charge in [0, 0.05) is 29.2 Å². The normalized spacial score (nSPS) is 17.4. The Morgan fingerprint density at radius 3 is 2.40 bits per heavy atom. The van der Waals surface area contributed by atoms with Crippen LogP contribution in [-0.4, -0.2) is 33.2 Å². The number of aliphatic hydroxyl groups is 1. The van der Waals surface area contributed by atoms with Crippen molar-refractivity contribution in [3.8, 4) is 0 Å². The van der Waals surface area contributed by atoms with Crippen molar-refractivity contribution >= 4 is 28.4 Å². The molecule has 3 aromatic carbocycles. The van der Waals surface area contributed by atoms with Crippen molar-refractivity contribution in [2.45, 2.75) is 32.7 Å². The zero-order valence-corrected chi connectivity index (χ0v) is 19.9. The molecule has 1 fully saturated rings. The van der Waals surface area contributed by atoms with Crippen molar-refractivity contribution < 1.29 is 14.7 Å². The fourth-order valence-corrected chi connectivity index (χ4v) is 4.84. The number of rotatable bonds is 6. The minimum atomic E-state index is -0.647. The van der Waals surface area contributed by atoms with Crippen LogP contribution >= 0.6 is 0 Å². The maximum atomic E-state index is 13.3. The first kappa shape index (κ1) is 22.7. The van der Waals surface area contributed by atoms with Gasteiger partial charge in [-0.25, -0.2) is 0 Å². The molecule has 176 valence electrons. The molecule has 0 spiro atoms. The summed E-state index contributed by atoms with van der Waals surface area (Å²) in [7, 11) is 0. The molecule has 5 heteroatoms. The fourth-order valence-electron chi connectivity index (χ4n) is 4.84. The van der Waals surface area contributed by atoms with E-state index in [1.807, 2.05) is 73.8 Å². The van der Waals surface area contributed by atoms with Gasteiger partial charge in [0.15, 0.2) is 0 Å². The van der Waals surface area contributed by atoms with Crippen LogP contribution in [0.3, 0.4) is 0 Å². The summed E-state index contributed by atoms with van der Waals surface area (Å²) >= 11 is 0. The summed E-state index contributed by atoms with van der Waals surface area (Å²) in [5, 5.41) is 12.3. The highest BCUT2D eigenvalue weighted by molar-refractivity contribution is 6.46. The summed E-state index contributed by atoms with van der Waals surface area (Å²) in [5.41, 5.74) is 5.82. The van der Waals surface area contributed by atoms with Crippen LogP contribution in [0.2, 0.25) is 0 Å². The molecule has 1 unspecified atom stereocenters. The molecule has 4 aromatic rings. The molecule has 1 atom stereocenters. The smallest absolute Gasteiger partial charge is 0.295 e. The molecule has 0 saturated carbocycles. The van der Waals surface area contributed by atoms with Gasteiger partial charge in [-0.05, 0) is 42.5 Å². The third-order valence-electron chi connectivity index (χ3n) is 6.87. The Labute approximate surface area is 204 Å². The molecule has 1 aliphatic heterocycles. The zero-order valence-electron chi connectivity index (χ0n) is 19.9. The number of likely N-dealkylation sites (tertiary alicyclic amines) is 1. The number of aromatic amines is 1. The largest absolute Gasteiger partial charge is 0.507 e. The Hall–Kier alpha value is -4.12. The molecule has 1 aromatic heterocycles. The molecule has 1 amide bonds. The molecule has 0 radical (unpaired) electrons. The molecule has 1 saturated heterocycles. The highest BCUT2D eigenvalue weighted by atomic mass is 16.3. The zero-order chi connectivity index (χ0) is 24.5. The number of benzene rings is 3. The maximum absolute atomic E-state index is 13.3. The first-order chi connectivity index (χ1) is 17.0. The van der Waals surface area contributed by atoms with E-state index in [1.165, 1.54) is 5.56 Å². The van der Waals surface area contributed by atoms with Gasteiger partial charge in [-0.3, -0.25) is 9.59 Å². The number of ketones is 1. The van der Waals surface area contributed by atoms with Gasteiger partial charge in [0.2, 0.25) is 0 Å². The average Bonchev–Trinajstić information content (AvgIpc) is 3.41. The van der Waals surface area contributed by atoms with Crippen LogP contribution < -0.4 is 0 Å².